The highest BCUT2D eigenvalue weighted by atomic mass is 35.5. The number of ether oxygens (including phenoxy) is 3. The van der Waals surface area contributed by atoms with Crippen LogP contribution in [0.2, 0.25) is 5.02 Å². The van der Waals surface area contributed by atoms with Crippen molar-refractivity contribution in [3.05, 3.63) is 70.0 Å². The number of nitrogens with zero attached hydrogens (tertiary/aromatic N) is 1. The zero-order valence-corrected chi connectivity index (χ0v) is 20.2. The number of aromatic carboxylic acids is 1. The van der Waals surface area contributed by atoms with E-state index in [1.807, 2.05) is 38.1 Å². The van der Waals surface area contributed by atoms with Crippen molar-refractivity contribution in [1.82, 2.24) is 4.98 Å². The van der Waals surface area contributed by atoms with Crippen LogP contribution in [0.25, 0.3) is 11.1 Å². The smallest absolute Gasteiger partial charge is 0.337 e. The molecule has 0 unspecified atom stereocenters. The maximum absolute atomic E-state index is 12.1. The van der Waals surface area contributed by atoms with Crippen LogP contribution in [0, 0.1) is 0 Å². The van der Waals surface area contributed by atoms with Gasteiger partial charge in [0.1, 0.15) is 0 Å². The summed E-state index contributed by atoms with van der Waals surface area (Å²) in [5.41, 5.74) is 4.19. The fourth-order valence-electron chi connectivity index (χ4n) is 3.79. The van der Waals surface area contributed by atoms with Gasteiger partial charge >= 0.3 is 5.97 Å². The Balaban J connectivity index is 2.02. The van der Waals surface area contributed by atoms with Crippen LogP contribution >= 0.6 is 11.6 Å². The number of halogens is 1. The number of carboxylic acids is 1. The lowest BCUT2D eigenvalue weighted by atomic mass is 9.93. The van der Waals surface area contributed by atoms with Gasteiger partial charge in [-0.25, -0.2) is 4.79 Å². The first-order valence-corrected chi connectivity index (χ1v) is 11.0. The lowest BCUT2D eigenvalue weighted by molar-refractivity contribution is 0.0695. The van der Waals surface area contributed by atoms with Gasteiger partial charge in [-0.15, -0.1) is 0 Å². The van der Waals surface area contributed by atoms with Crippen molar-refractivity contribution in [3.63, 3.8) is 0 Å². The molecule has 7 heteroatoms. The molecule has 0 bridgehead atoms. The third-order valence-electron chi connectivity index (χ3n) is 5.44. The maximum Gasteiger partial charge on any atom is 0.337 e. The average molecular weight is 470 g/mol. The molecule has 1 heterocycles. The third kappa shape index (κ3) is 5.40. The zero-order valence-electron chi connectivity index (χ0n) is 19.4. The highest BCUT2D eigenvalue weighted by molar-refractivity contribution is 6.30. The van der Waals surface area contributed by atoms with E-state index in [9.17, 15) is 9.90 Å². The van der Waals surface area contributed by atoms with Crippen LogP contribution in [0.15, 0.2) is 42.5 Å². The Bertz CT molecular complexity index is 1120. The van der Waals surface area contributed by atoms with E-state index in [2.05, 4.69) is 0 Å². The highest BCUT2D eigenvalue weighted by Crippen LogP contribution is 2.38. The molecule has 0 amide bonds. The first-order valence-electron chi connectivity index (χ1n) is 10.6. The van der Waals surface area contributed by atoms with Gasteiger partial charge in [0, 0.05) is 10.6 Å². The van der Waals surface area contributed by atoms with E-state index < -0.39 is 5.97 Å². The number of pyridine rings is 1. The monoisotopic (exact) mass is 469 g/mol. The van der Waals surface area contributed by atoms with Crippen LogP contribution in [0.3, 0.4) is 0 Å². The second kappa shape index (κ2) is 10.6. The molecule has 0 saturated heterocycles. The largest absolute Gasteiger partial charge is 0.493 e. The van der Waals surface area contributed by atoms with Gasteiger partial charge in [-0.1, -0.05) is 37.6 Å². The number of hydrogen-bond acceptors (Lipinski definition) is 5. The minimum atomic E-state index is -1.01. The molecular weight excluding hydrogens is 442 g/mol. The molecule has 0 aliphatic carbocycles. The van der Waals surface area contributed by atoms with Crippen molar-refractivity contribution in [3.8, 4) is 28.4 Å². The van der Waals surface area contributed by atoms with Gasteiger partial charge in [0.25, 0.3) is 0 Å². The summed E-state index contributed by atoms with van der Waals surface area (Å²) in [7, 11) is 4.68. The minimum absolute atomic E-state index is 0.110. The topological polar surface area (TPSA) is 77.9 Å². The fraction of sp³-hybridized carbons (Fsp3) is 0.308. The Kier molecular flexibility index (Phi) is 7.82. The second-order valence-electron chi connectivity index (χ2n) is 7.92. The summed E-state index contributed by atoms with van der Waals surface area (Å²) >= 11 is 6.03. The Hall–Kier alpha value is -3.25. The van der Waals surface area contributed by atoms with E-state index >= 15 is 0 Å². The molecule has 0 spiro atoms. The molecule has 0 fully saturated rings. The van der Waals surface area contributed by atoms with Gasteiger partial charge in [-0.3, -0.25) is 4.98 Å². The molecule has 3 aromatic rings. The van der Waals surface area contributed by atoms with Crippen molar-refractivity contribution in [2.75, 3.05) is 21.3 Å². The van der Waals surface area contributed by atoms with E-state index in [4.69, 9.17) is 30.8 Å². The standard InChI is InChI=1S/C26H28ClNO5/c1-15(2)24-19(17-7-9-18(27)10-8-17)14-20(26(29)30)21(28-24)11-6-16-12-22(31-3)25(33-5)23(13-16)32-4/h7-10,12-15H,6,11H2,1-5H3,(H,29,30). The minimum Gasteiger partial charge on any atom is -0.493 e. The average Bonchev–Trinajstić information content (AvgIpc) is 2.81. The molecule has 0 aliphatic rings. The molecule has 2 aromatic carbocycles. The number of benzene rings is 2. The number of carbonyl (C=O) groups is 1. The van der Waals surface area contributed by atoms with E-state index in [0.717, 1.165) is 22.4 Å². The van der Waals surface area contributed by atoms with E-state index in [1.165, 1.54) is 0 Å². The van der Waals surface area contributed by atoms with Gasteiger partial charge in [0.2, 0.25) is 5.75 Å². The molecule has 1 N–H and O–H groups in total. The zero-order chi connectivity index (χ0) is 24.1. The summed E-state index contributed by atoms with van der Waals surface area (Å²) in [6, 6.07) is 12.8. The Morgan fingerprint density at radius 2 is 1.58 bits per heavy atom. The molecule has 33 heavy (non-hydrogen) atoms. The van der Waals surface area contributed by atoms with E-state index in [0.29, 0.717) is 40.8 Å². The van der Waals surface area contributed by atoms with Crippen LogP contribution in [-0.2, 0) is 12.8 Å². The van der Waals surface area contributed by atoms with Crippen molar-refractivity contribution in [2.45, 2.75) is 32.6 Å². The molecule has 0 saturated carbocycles. The highest BCUT2D eigenvalue weighted by Gasteiger charge is 2.20. The molecule has 0 atom stereocenters. The van der Waals surface area contributed by atoms with E-state index in [1.54, 1.807) is 39.5 Å². The number of aromatic nitrogens is 1. The SMILES string of the molecule is COc1cc(CCc2nc(C(C)C)c(-c3ccc(Cl)cc3)cc2C(=O)O)cc(OC)c1OC. The molecule has 174 valence electrons. The van der Waals surface area contributed by atoms with Crippen molar-refractivity contribution in [2.24, 2.45) is 0 Å². The normalized spacial score (nSPS) is 10.9. The van der Waals surface area contributed by atoms with Crippen molar-refractivity contribution in [1.29, 1.82) is 0 Å². The van der Waals surface area contributed by atoms with Crippen LogP contribution < -0.4 is 14.2 Å². The summed E-state index contributed by atoms with van der Waals surface area (Å²) in [6.45, 7) is 4.09. The van der Waals surface area contributed by atoms with Crippen LogP contribution in [0.4, 0.5) is 0 Å². The quantitative estimate of drug-likeness (QED) is 0.412. The van der Waals surface area contributed by atoms with Gasteiger partial charge in [-0.05, 0) is 60.2 Å². The van der Waals surface area contributed by atoms with Gasteiger partial charge in [0.15, 0.2) is 11.5 Å². The summed E-state index contributed by atoms with van der Waals surface area (Å²) in [5, 5.41) is 10.5. The van der Waals surface area contributed by atoms with Crippen molar-refractivity contribution >= 4 is 17.6 Å². The van der Waals surface area contributed by atoms with Gasteiger partial charge in [0.05, 0.1) is 38.3 Å². The number of methoxy groups -OCH3 is 3. The predicted molar refractivity (Wildman–Crippen MR) is 129 cm³/mol. The Labute approximate surface area is 199 Å². The fourth-order valence-corrected chi connectivity index (χ4v) is 3.91. The first-order chi connectivity index (χ1) is 15.8. The second-order valence-corrected chi connectivity index (χ2v) is 8.35. The molecule has 1 aromatic heterocycles. The molecular formula is C26H28ClNO5. The number of rotatable bonds is 9. The summed E-state index contributed by atoms with van der Waals surface area (Å²) in [4.78, 5) is 16.9. The summed E-state index contributed by atoms with van der Waals surface area (Å²) in [6.07, 6.45) is 1.00. The van der Waals surface area contributed by atoms with E-state index in [-0.39, 0.29) is 11.5 Å². The summed E-state index contributed by atoms with van der Waals surface area (Å²) in [5.74, 6) is 0.729. The lowest BCUT2D eigenvalue weighted by Gasteiger charge is -2.17. The molecule has 0 radical (unpaired) electrons. The van der Waals surface area contributed by atoms with Gasteiger partial charge < -0.3 is 19.3 Å². The Morgan fingerprint density at radius 1 is 0.970 bits per heavy atom. The number of carboxylic acid groups (broad SMARTS) is 1. The lowest BCUT2D eigenvalue weighted by Crippen LogP contribution is -2.11. The summed E-state index contributed by atoms with van der Waals surface area (Å²) < 4.78 is 16.2. The molecule has 0 aliphatic heterocycles. The predicted octanol–water partition coefficient (Wildman–Crippen LogP) is 6.03. The number of hydrogen-bond donors (Lipinski definition) is 1. The first kappa shape index (κ1) is 24.4. The third-order valence-corrected chi connectivity index (χ3v) is 5.69. The molecule has 6 nitrogen and oxygen atoms in total. The van der Waals surface area contributed by atoms with Crippen LogP contribution in [0.1, 0.15) is 47.1 Å². The Morgan fingerprint density at radius 3 is 2.06 bits per heavy atom. The molecule has 3 rings (SSSR count). The van der Waals surface area contributed by atoms with Crippen LogP contribution in [0.5, 0.6) is 17.2 Å². The van der Waals surface area contributed by atoms with Crippen molar-refractivity contribution < 1.29 is 24.1 Å². The van der Waals surface area contributed by atoms with Crippen LogP contribution in [-0.4, -0.2) is 37.4 Å². The maximum atomic E-state index is 12.1. The van der Waals surface area contributed by atoms with Gasteiger partial charge in [-0.2, -0.15) is 0 Å². The number of aryl methyl sites for hydroxylation is 2.